The van der Waals surface area contributed by atoms with Gasteiger partial charge in [0.2, 0.25) is 26.0 Å². The summed E-state index contributed by atoms with van der Waals surface area (Å²) in [4.78, 5) is 12.5. The molecule has 1 N–H and O–H groups in total. The average Bonchev–Trinajstić information content (AvgIpc) is 2.71. The van der Waals surface area contributed by atoms with Crippen molar-refractivity contribution in [1.82, 2.24) is 9.62 Å². The Morgan fingerprint density at radius 1 is 1.00 bits per heavy atom. The Morgan fingerprint density at radius 3 is 2.16 bits per heavy atom. The van der Waals surface area contributed by atoms with Gasteiger partial charge in [-0.15, -0.1) is 0 Å². The zero-order chi connectivity index (χ0) is 23.2. The van der Waals surface area contributed by atoms with Crippen LogP contribution in [0.2, 0.25) is 0 Å². The Kier molecular flexibility index (Phi) is 8.04. The fourth-order valence-corrected chi connectivity index (χ4v) is 4.48. The van der Waals surface area contributed by atoms with E-state index in [0.717, 1.165) is 20.4 Å². The topological polar surface area (TPSA) is 113 Å². The Hall–Kier alpha value is -2.63. The van der Waals surface area contributed by atoms with Crippen LogP contribution in [0.3, 0.4) is 0 Å². The van der Waals surface area contributed by atoms with Gasteiger partial charge in [0.25, 0.3) is 0 Å². The zero-order valence-corrected chi connectivity index (χ0v) is 19.5. The van der Waals surface area contributed by atoms with Gasteiger partial charge >= 0.3 is 0 Å². The van der Waals surface area contributed by atoms with Crippen LogP contribution in [-0.4, -0.2) is 60.6 Å². The first-order chi connectivity index (χ1) is 14.5. The second kappa shape index (κ2) is 10.1. The number of ether oxygens (including phenoxy) is 1. The van der Waals surface area contributed by atoms with Crippen molar-refractivity contribution in [1.29, 1.82) is 0 Å². The molecule has 0 saturated carbocycles. The highest BCUT2D eigenvalue weighted by Gasteiger charge is 2.23. The van der Waals surface area contributed by atoms with Crippen molar-refractivity contribution < 1.29 is 26.4 Å². The molecule has 0 fully saturated rings. The fourth-order valence-electron chi connectivity index (χ4n) is 2.72. The molecule has 31 heavy (non-hydrogen) atoms. The lowest BCUT2D eigenvalue weighted by Gasteiger charge is -2.22. The van der Waals surface area contributed by atoms with E-state index in [1.54, 1.807) is 6.07 Å². The number of benzene rings is 2. The standard InChI is InChI=1S/C20H27N3O6S2/c1-5-29-19-9-7-6-8-16(19)14-21-20(24)15-23(30(4,25)26)17-10-12-18(13-11-17)31(27,28)22(2)3/h6-13H,5,14-15H2,1-4H3,(H,21,24). The smallest absolute Gasteiger partial charge is 0.242 e. The monoisotopic (exact) mass is 469 g/mol. The highest BCUT2D eigenvalue weighted by Crippen LogP contribution is 2.22. The molecule has 170 valence electrons. The molecule has 0 aliphatic carbocycles. The van der Waals surface area contributed by atoms with E-state index in [-0.39, 0.29) is 17.1 Å². The van der Waals surface area contributed by atoms with Crippen LogP contribution in [0.5, 0.6) is 5.75 Å². The molecule has 11 heteroatoms. The molecule has 0 saturated heterocycles. The first-order valence-corrected chi connectivity index (χ1v) is 12.7. The number of para-hydroxylation sites is 1. The van der Waals surface area contributed by atoms with Crippen LogP contribution in [0.1, 0.15) is 12.5 Å². The third-order valence-electron chi connectivity index (χ3n) is 4.34. The van der Waals surface area contributed by atoms with Gasteiger partial charge in [0, 0.05) is 26.2 Å². The first kappa shape index (κ1) is 24.6. The number of hydrogen-bond donors (Lipinski definition) is 1. The van der Waals surface area contributed by atoms with Crippen molar-refractivity contribution in [2.75, 3.05) is 37.8 Å². The van der Waals surface area contributed by atoms with Crippen molar-refractivity contribution >= 4 is 31.6 Å². The maximum Gasteiger partial charge on any atom is 0.242 e. The average molecular weight is 470 g/mol. The van der Waals surface area contributed by atoms with Gasteiger partial charge in [0.05, 0.1) is 23.4 Å². The van der Waals surface area contributed by atoms with Gasteiger partial charge in [-0.2, -0.15) is 0 Å². The Balaban J connectivity index is 2.17. The molecule has 0 spiro atoms. The summed E-state index contributed by atoms with van der Waals surface area (Å²) < 4.78 is 56.4. The number of carbonyl (C=O) groups is 1. The first-order valence-electron chi connectivity index (χ1n) is 9.44. The minimum Gasteiger partial charge on any atom is -0.494 e. The number of nitrogens with zero attached hydrogens (tertiary/aromatic N) is 2. The molecule has 0 atom stereocenters. The van der Waals surface area contributed by atoms with E-state index in [1.807, 2.05) is 25.1 Å². The predicted molar refractivity (Wildman–Crippen MR) is 119 cm³/mol. The summed E-state index contributed by atoms with van der Waals surface area (Å²) >= 11 is 0. The highest BCUT2D eigenvalue weighted by atomic mass is 32.2. The van der Waals surface area contributed by atoms with E-state index in [4.69, 9.17) is 4.74 Å². The number of hydrogen-bond acceptors (Lipinski definition) is 6. The zero-order valence-electron chi connectivity index (χ0n) is 17.9. The summed E-state index contributed by atoms with van der Waals surface area (Å²) in [5, 5.41) is 2.69. The minimum absolute atomic E-state index is 0.0201. The van der Waals surface area contributed by atoms with Gasteiger partial charge in [-0.3, -0.25) is 9.10 Å². The van der Waals surface area contributed by atoms with Gasteiger partial charge < -0.3 is 10.1 Å². The maximum atomic E-state index is 12.5. The summed E-state index contributed by atoms with van der Waals surface area (Å²) in [5.74, 6) is 0.129. The van der Waals surface area contributed by atoms with Gasteiger partial charge in [0.1, 0.15) is 12.3 Å². The van der Waals surface area contributed by atoms with Crippen molar-refractivity contribution in [2.45, 2.75) is 18.4 Å². The summed E-state index contributed by atoms with van der Waals surface area (Å²) in [5.41, 5.74) is 0.951. The van der Waals surface area contributed by atoms with Gasteiger partial charge in [-0.25, -0.2) is 21.1 Å². The van der Waals surface area contributed by atoms with Crippen LogP contribution < -0.4 is 14.4 Å². The molecular weight excluding hydrogens is 442 g/mol. The summed E-state index contributed by atoms with van der Waals surface area (Å²) in [6.07, 6.45) is 0.981. The van der Waals surface area contributed by atoms with Gasteiger partial charge in [0.15, 0.2) is 0 Å². The van der Waals surface area contributed by atoms with Crippen LogP contribution in [0, 0.1) is 0 Å². The maximum absolute atomic E-state index is 12.5. The molecule has 0 aromatic heterocycles. The lowest BCUT2D eigenvalue weighted by atomic mass is 10.2. The van der Waals surface area contributed by atoms with E-state index in [0.29, 0.717) is 12.4 Å². The molecule has 1 amide bonds. The van der Waals surface area contributed by atoms with Crippen molar-refractivity contribution in [3.8, 4) is 5.75 Å². The molecule has 0 bridgehead atoms. The number of amides is 1. The van der Waals surface area contributed by atoms with Crippen molar-refractivity contribution in [2.24, 2.45) is 0 Å². The molecule has 9 nitrogen and oxygen atoms in total. The number of nitrogens with one attached hydrogen (secondary N) is 1. The molecule has 0 aliphatic heterocycles. The van der Waals surface area contributed by atoms with Crippen molar-refractivity contribution in [3.63, 3.8) is 0 Å². The molecule has 0 unspecified atom stereocenters. The molecular formula is C20H27N3O6S2. The second-order valence-electron chi connectivity index (χ2n) is 6.87. The van der Waals surface area contributed by atoms with Gasteiger partial charge in [-0.1, -0.05) is 18.2 Å². The molecule has 2 rings (SSSR count). The number of sulfonamides is 2. The third-order valence-corrected chi connectivity index (χ3v) is 7.31. The highest BCUT2D eigenvalue weighted by molar-refractivity contribution is 7.92. The van der Waals surface area contributed by atoms with Crippen molar-refractivity contribution in [3.05, 3.63) is 54.1 Å². The summed E-state index contributed by atoms with van der Waals surface area (Å²) in [7, 11) is -4.64. The predicted octanol–water partition coefficient (Wildman–Crippen LogP) is 1.42. The third kappa shape index (κ3) is 6.42. The second-order valence-corrected chi connectivity index (χ2v) is 10.9. The summed E-state index contributed by atoms with van der Waals surface area (Å²) in [6.45, 7) is 2.06. The minimum atomic E-state index is -3.79. The van der Waals surface area contributed by atoms with E-state index >= 15 is 0 Å². The van der Waals surface area contributed by atoms with Crippen LogP contribution in [0.25, 0.3) is 0 Å². The quantitative estimate of drug-likeness (QED) is 0.563. The van der Waals surface area contributed by atoms with Crippen LogP contribution in [0.4, 0.5) is 5.69 Å². The fraction of sp³-hybridized carbons (Fsp3) is 0.350. The van der Waals surface area contributed by atoms with E-state index in [1.165, 1.54) is 38.4 Å². The normalized spacial score (nSPS) is 11.9. The van der Waals surface area contributed by atoms with E-state index in [9.17, 15) is 21.6 Å². The number of carbonyl (C=O) groups excluding carboxylic acids is 1. The Morgan fingerprint density at radius 2 is 1.61 bits per heavy atom. The molecule has 0 heterocycles. The van der Waals surface area contributed by atoms with Crippen LogP contribution in [-0.2, 0) is 31.4 Å². The van der Waals surface area contributed by atoms with E-state index < -0.39 is 32.5 Å². The Bertz CT molecular complexity index is 1110. The van der Waals surface area contributed by atoms with E-state index in [2.05, 4.69) is 5.32 Å². The Labute approximate surface area is 183 Å². The molecule has 0 aliphatic rings. The number of anilines is 1. The SMILES string of the molecule is CCOc1ccccc1CNC(=O)CN(c1ccc(S(=O)(=O)N(C)C)cc1)S(C)(=O)=O. The van der Waals surface area contributed by atoms with Crippen LogP contribution >= 0.6 is 0 Å². The molecule has 2 aromatic rings. The largest absolute Gasteiger partial charge is 0.494 e. The van der Waals surface area contributed by atoms with Crippen LogP contribution in [0.15, 0.2) is 53.4 Å². The van der Waals surface area contributed by atoms with Gasteiger partial charge in [-0.05, 0) is 37.3 Å². The number of rotatable bonds is 10. The lowest BCUT2D eigenvalue weighted by molar-refractivity contribution is -0.119. The molecule has 0 radical (unpaired) electrons. The summed E-state index contributed by atoms with van der Waals surface area (Å²) in [6, 6.07) is 12.6. The lowest BCUT2D eigenvalue weighted by Crippen LogP contribution is -2.40. The molecule has 2 aromatic carbocycles.